The molecular weight excluding hydrogens is 406 g/mol. The summed E-state index contributed by atoms with van der Waals surface area (Å²) in [5.74, 6) is -1.52. The van der Waals surface area contributed by atoms with Crippen LogP contribution in [0.3, 0.4) is 0 Å². The van der Waals surface area contributed by atoms with E-state index >= 15 is 0 Å². The molecule has 1 aromatic carbocycles. The number of hydrogen-bond acceptors (Lipinski definition) is 6. The molecule has 2 N–H and O–H groups in total. The number of rotatable bonds is 11. The number of aryl methyl sites for hydroxylation is 1. The Balaban J connectivity index is 2.08. The van der Waals surface area contributed by atoms with Gasteiger partial charge in [0.25, 0.3) is 5.91 Å². The second kappa shape index (κ2) is 12.0. The molecule has 1 heterocycles. The van der Waals surface area contributed by atoms with Gasteiger partial charge in [0.1, 0.15) is 5.75 Å². The first kappa shape index (κ1) is 23.4. The van der Waals surface area contributed by atoms with Crippen molar-refractivity contribution in [3.8, 4) is 5.75 Å². The molecule has 0 saturated carbocycles. The summed E-state index contributed by atoms with van der Waals surface area (Å²) >= 11 is 1.32. The van der Waals surface area contributed by atoms with Crippen molar-refractivity contribution in [1.82, 2.24) is 0 Å². The van der Waals surface area contributed by atoms with Crippen molar-refractivity contribution in [2.24, 2.45) is 0 Å². The number of benzene rings is 1. The quantitative estimate of drug-likeness (QED) is 0.266. The Kier molecular flexibility index (Phi) is 9.34. The zero-order valence-electron chi connectivity index (χ0n) is 17.2. The average molecular weight is 434 g/mol. The van der Waals surface area contributed by atoms with Gasteiger partial charge in [0.15, 0.2) is 0 Å². The maximum Gasteiger partial charge on any atom is 0.513 e. The van der Waals surface area contributed by atoms with Crippen LogP contribution in [0, 0.1) is 0 Å². The van der Waals surface area contributed by atoms with Crippen LogP contribution in [0.15, 0.2) is 29.6 Å². The number of amides is 1. The van der Waals surface area contributed by atoms with E-state index < -0.39 is 12.1 Å². The molecule has 2 aromatic rings. The van der Waals surface area contributed by atoms with Crippen molar-refractivity contribution in [1.29, 1.82) is 0 Å². The molecule has 1 amide bonds. The van der Waals surface area contributed by atoms with Gasteiger partial charge in [-0.25, -0.2) is 9.59 Å². The highest BCUT2D eigenvalue weighted by molar-refractivity contribution is 7.12. The van der Waals surface area contributed by atoms with E-state index in [1.54, 1.807) is 0 Å². The van der Waals surface area contributed by atoms with E-state index in [4.69, 9.17) is 4.74 Å². The second-order valence-corrected chi connectivity index (χ2v) is 7.73. The van der Waals surface area contributed by atoms with Crippen molar-refractivity contribution < 1.29 is 29.0 Å². The molecule has 2 rings (SSSR count). The average Bonchev–Trinajstić information content (AvgIpc) is 3.19. The van der Waals surface area contributed by atoms with E-state index in [0.717, 1.165) is 24.8 Å². The van der Waals surface area contributed by atoms with E-state index in [-0.39, 0.29) is 22.9 Å². The van der Waals surface area contributed by atoms with E-state index in [2.05, 4.69) is 17.0 Å². The van der Waals surface area contributed by atoms with Gasteiger partial charge in [-0.3, -0.25) is 4.79 Å². The number of anilines is 1. The van der Waals surface area contributed by atoms with Crippen LogP contribution >= 0.6 is 11.3 Å². The van der Waals surface area contributed by atoms with Crippen molar-refractivity contribution in [3.05, 3.63) is 45.6 Å². The number of carboxylic acid groups (broad SMARTS) is 1. The van der Waals surface area contributed by atoms with Crippen LogP contribution in [0.2, 0.25) is 0 Å². The van der Waals surface area contributed by atoms with Gasteiger partial charge in [-0.1, -0.05) is 39.0 Å². The van der Waals surface area contributed by atoms with Crippen LogP contribution in [0.5, 0.6) is 5.75 Å². The predicted molar refractivity (Wildman–Crippen MR) is 116 cm³/mol. The van der Waals surface area contributed by atoms with Crippen LogP contribution in [-0.4, -0.2) is 30.2 Å². The van der Waals surface area contributed by atoms with Crippen LogP contribution in [0.4, 0.5) is 10.5 Å². The fourth-order valence-electron chi connectivity index (χ4n) is 3.02. The minimum absolute atomic E-state index is 0.0489. The molecular formula is C22H27NO6S. The number of unbranched alkanes of at least 4 members (excludes halogenated alkanes) is 5. The molecule has 0 radical (unpaired) electrons. The SMILES string of the molecule is CCCCCCCCc1ccsc1C(=O)Nc1cc(OC(=O)OC)ccc1C(=O)O. The summed E-state index contributed by atoms with van der Waals surface area (Å²) in [7, 11) is 1.17. The van der Waals surface area contributed by atoms with Gasteiger partial charge in [-0.05, 0) is 42.0 Å². The van der Waals surface area contributed by atoms with Gasteiger partial charge in [0, 0.05) is 6.07 Å². The zero-order valence-corrected chi connectivity index (χ0v) is 18.0. The van der Waals surface area contributed by atoms with Gasteiger partial charge in [-0.2, -0.15) is 0 Å². The lowest BCUT2D eigenvalue weighted by Gasteiger charge is -2.11. The monoisotopic (exact) mass is 433 g/mol. The summed E-state index contributed by atoms with van der Waals surface area (Å²) in [5, 5.41) is 13.9. The first-order valence-corrected chi connectivity index (χ1v) is 10.8. The molecule has 8 heteroatoms. The van der Waals surface area contributed by atoms with E-state index in [0.29, 0.717) is 4.88 Å². The van der Waals surface area contributed by atoms with Crippen LogP contribution < -0.4 is 10.1 Å². The lowest BCUT2D eigenvalue weighted by atomic mass is 10.1. The number of hydrogen-bond donors (Lipinski definition) is 2. The first-order chi connectivity index (χ1) is 14.5. The van der Waals surface area contributed by atoms with E-state index in [1.807, 2.05) is 11.4 Å². The lowest BCUT2D eigenvalue weighted by molar-refractivity contribution is 0.0698. The number of carboxylic acids is 1. The molecule has 0 saturated heterocycles. The third-order valence-electron chi connectivity index (χ3n) is 4.59. The lowest BCUT2D eigenvalue weighted by Crippen LogP contribution is -2.16. The standard InChI is InChI=1S/C22H27NO6S/c1-3-4-5-6-7-8-9-15-12-13-30-19(15)20(24)23-18-14-16(29-22(27)28-2)10-11-17(18)21(25)26/h10-14H,3-9H2,1-2H3,(H,23,24)(H,25,26). The highest BCUT2D eigenvalue weighted by Gasteiger charge is 2.18. The topological polar surface area (TPSA) is 102 Å². The molecule has 0 fully saturated rings. The summed E-state index contributed by atoms with van der Waals surface area (Å²) in [4.78, 5) is 36.2. The van der Waals surface area contributed by atoms with Crippen LogP contribution in [0.1, 0.15) is 71.0 Å². The molecule has 0 spiro atoms. The summed E-state index contributed by atoms with van der Waals surface area (Å²) in [6, 6.07) is 5.81. The Morgan fingerprint density at radius 2 is 1.80 bits per heavy atom. The number of ether oxygens (including phenoxy) is 2. The second-order valence-electron chi connectivity index (χ2n) is 6.82. The number of nitrogens with one attached hydrogen (secondary N) is 1. The third kappa shape index (κ3) is 6.88. The van der Waals surface area contributed by atoms with Crippen LogP contribution in [-0.2, 0) is 11.2 Å². The number of thiophene rings is 1. The van der Waals surface area contributed by atoms with E-state index in [9.17, 15) is 19.5 Å². The van der Waals surface area contributed by atoms with Gasteiger partial charge in [0.2, 0.25) is 0 Å². The Morgan fingerprint density at radius 3 is 2.50 bits per heavy atom. The number of carbonyl (C=O) groups excluding carboxylic acids is 2. The third-order valence-corrected chi connectivity index (χ3v) is 5.55. The normalized spacial score (nSPS) is 10.5. The highest BCUT2D eigenvalue weighted by Crippen LogP contribution is 2.26. The Labute approximate surface area is 180 Å². The maximum atomic E-state index is 12.8. The number of aromatic carboxylic acids is 1. The van der Waals surface area contributed by atoms with Gasteiger partial charge in [0.05, 0.1) is 23.2 Å². The summed E-state index contributed by atoms with van der Waals surface area (Å²) < 4.78 is 9.36. The van der Waals surface area contributed by atoms with Crippen molar-refractivity contribution in [2.75, 3.05) is 12.4 Å². The Bertz CT molecular complexity index is 876. The van der Waals surface area contributed by atoms with Gasteiger partial charge >= 0.3 is 12.1 Å². The number of carbonyl (C=O) groups is 3. The molecule has 1 aromatic heterocycles. The molecule has 162 valence electrons. The smallest absolute Gasteiger partial charge is 0.478 e. The maximum absolute atomic E-state index is 12.8. The molecule has 0 bridgehead atoms. The van der Waals surface area contributed by atoms with E-state index in [1.165, 1.54) is 62.3 Å². The predicted octanol–water partition coefficient (Wildman–Crippen LogP) is 5.75. The van der Waals surface area contributed by atoms with Crippen molar-refractivity contribution >= 4 is 35.1 Å². The largest absolute Gasteiger partial charge is 0.513 e. The molecule has 0 unspecified atom stereocenters. The molecule has 0 aliphatic heterocycles. The molecule has 0 aliphatic rings. The van der Waals surface area contributed by atoms with Gasteiger partial charge in [-0.15, -0.1) is 11.3 Å². The summed E-state index contributed by atoms with van der Waals surface area (Å²) in [6.07, 6.45) is 6.86. The molecule has 0 atom stereocenters. The van der Waals surface area contributed by atoms with Crippen molar-refractivity contribution in [3.63, 3.8) is 0 Å². The molecule has 7 nitrogen and oxygen atoms in total. The summed E-state index contributed by atoms with van der Waals surface area (Å²) in [6.45, 7) is 2.18. The fourth-order valence-corrected chi connectivity index (χ4v) is 3.87. The van der Waals surface area contributed by atoms with Crippen LogP contribution in [0.25, 0.3) is 0 Å². The fraction of sp³-hybridized carbons (Fsp3) is 0.409. The summed E-state index contributed by atoms with van der Waals surface area (Å²) in [5.41, 5.74) is 0.897. The minimum atomic E-state index is -1.20. The van der Waals surface area contributed by atoms with Crippen molar-refractivity contribution in [2.45, 2.75) is 51.9 Å². The Hall–Kier alpha value is -2.87. The first-order valence-electron chi connectivity index (χ1n) is 9.97. The zero-order chi connectivity index (χ0) is 21.9. The highest BCUT2D eigenvalue weighted by atomic mass is 32.1. The minimum Gasteiger partial charge on any atom is -0.478 e. The molecule has 30 heavy (non-hydrogen) atoms. The number of methoxy groups -OCH3 is 1. The van der Waals surface area contributed by atoms with Gasteiger partial charge < -0.3 is 19.9 Å². The Morgan fingerprint density at radius 1 is 1.07 bits per heavy atom. The molecule has 0 aliphatic carbocycles.